The van der Waals surface area contributed by atoms with Crippen LogP contribution in [0.15, 0.2) is 30.0 Å². The molecule has 3 heteroatoms. The maximum Gasteiger partial charge on any atom is 0.256 e. The van der Waals surface area contributed by atoms with Crippen molar-refractivity contribution in [1.82, 2.24) is 5.32 Å². The Hall–Kier alpha value is -1.77. The van der Waals surface area contributed by atoms with Crippen LogP contribution in [0, 0.1) is 13.0 Å². The number of rotatable bonds is 1. The van der Waals surface area contributed by atoms with E-state index in [0.29, 0.717) is 0 Å². The van der Waals surface area contributed by atoms with E-state index >= 15 is 0 Å². The zero-order valence-corrected chi connectivity index (χ0v) is 7.74. The van der Waals surface area contributed by atoms with Crippen molar-refractivity contribution in [3.05, 3.63) is 47.2 Å². The fraction of sp³-hybridized carbons (Fsp3) is 0.182. The van der Waals surface area contributed by atoms with Gasteiger partial charge in [0.05, 0.1) is 6.08 Å². The van der Waals surface area contributed by atoms with Crippen LogP contribution in [-0.2, 0) is 4.79 Å². The third kappa shape index (κ3) is 1.48. The lowest BCUT2D eigenvalue weighted by Crippen LogP contribution is -2.20. The Labute approximate surface area is 82.1 Å². The van der Waals surface area contributed by atoms with E-state index < -0.39 is 6.04 Å². The van der Waals surface area contributed by atoms with Crippen LogP contribution in [0.5, 0.6) is 0 Å². The number of aryl methyl sites for hydroxylation is 1. The van der Waals surface area contributed by atoms with Crippen LogP contribution >= 0.6 is 0 Å². The van der Waals surface area contributed by atoms with Gasteiger partial charge in [0.1, 0.15) is 11.8 Å². The highest BCUT2D eigenvalue weighted by Crippen LogP contribution is 2.23. The minimum atomic E-state index is -0.428. The summed E-state index contributed by atoms with van der Waals surface area (Å²) in [7, 11) is 0. The fourth-order valence-electron chi connectivity index (χ4n) is 1.42. The van der Waals surface area contributed by atoms with Gasteiger partial charge in [-0.1, -0.05) is 29.8 Å². The second-order valence-electron chi connectivity index (χ2n) is 3.33. The molecule has 2 N–H and O–H groups in total. The van der Waals surface area contributed by atoms with Gasteiger partial charge in [0.15, 0.2) is 0 Å². The molecule has 0 spiro atoms. The van der Waals surface area contributed by atoms with Gasteiger partial charge in [-0.05, 0) is 12.5 Å². The first-order chi connectivity index (χ1) is 6.66. The Morgan fingerprint density at radius 1 is 1.36 bits per heavy atom. The first-order valence-corrected chi connectivity index (χ1v) is 4.37. The molecule has 1 unspecified atom stereocenters. The second kappa shape index (κ2) is 3.18. The van der Waals surface area contributed by atoms with Crippen molar-refractivity contribution < 1.29 is 9.90 Å². The van der Waals surface area contributed by atoms with E-state index in [1.165, 1.54) is 0 Å². The minimum Gasteiger partial charge on any atom is -0.509 e. The van der Waals surface area contributed by atoms with Crippen molar-refractivity contribution in [1.29, 1.82) is 0 Å². The highest BCUT2D eigenvalue weighted by molar-refractivity contribution is 5.87. The van der Waals surface area contributed by atoms with Crippen LogP contribution in [0.25, 0.3) is 0 Å². The Balaban J connectivity index is 2.29. The lowest BCUT2D eigenvalue weighted by Gasteiger charge is -2.11. The van der Waals surface area contributed by atoms with E-state index in [1.807, 2.05) is 31.2 Å². The number of carbonyl (C=O) groups is 1. The summed E-state index contributed by atoms with van der Waals surface area (Å²) in [5.41, 5.74) is 2.01. The Morgan fingerprint density at radius 2 is 2.00 bits per heavy atom. The third-order valence-corrected chi connectivity index (χ3v) is 2.20. The van der Waals surface area contributed by atoms with Crippen LogP contribution in [-0.4, -0.2) is 11.0 Å². The van der Waals surface area contributed by atoms with Crippen molar-refractivity contribution >= 4 is 5.91 Å². The van der Waals surface area contributed by atoms with Gasteiger partial charge in [0, 0.05) is 0 Å². The van der Waals surface area contributed by atoms with Gasteiger partial charge >= 0.3 is 0 Å². The molecule has 0 saturated carbocycles. The molecule has 1 aliphatic rings. The van der Waals surface area contributed by atoms with Crippen LogP contribution in [0.1, 0.15) is 17.2 Å². The molecule has 1 aromatic carbocycles. The number of nitrogens with one attached hydrogen (secondary N) is 1. The molecule has 1 amide bonds. The molecule has 0 fully saturated rings. The minimum absolute atomic E-state index is 0.0427. The summed E-state index contributed by atoms with van der Waals surface area (Å²) in [4.78, 5) is 10.9. The maximum absolute atomic E-state index is 10.9. The van der Waals surface area contributed by atoms with E-state index in [4.69, 9.17) is 0 Å². The largest absolute Gasteiger partial charge is 0.509 e. The van der Waals surface area contributed by atoms with Crippen molar-refractivity contribution in [2.75, 3.05) is 0 Å². The number of hydrogen-bond acceptors (Lipinski definition) is 2. The summed E-state index contributed by atoms with van der Waals surface area (Å²) < 4.78 is 0. The van der Waals surface area contributed by atoms with Crippen molar-refractivity contribution in [2.24, 2.45) is 0 Å². The van der Waals surface area contributed by atoms with Gasteiger partial charge in [-0.2, -0.15) is 0 Å². The zero-order chi connectivity index (χ0) is 10.1. The fourth-order valence-corrected chi connectivity index (χ4v) is 1.42. The lowest BCUT2D eigenvalue weighted by molar-refractivity contribution is -0.116. The highest BCUT2D eigenvalue weighted by Gasteiger charge is 2.25. The van der Waals surface area contributed by atoms with Gasteiger partial charge in [0.2, 0.25) is 0 Å². The number of aliphatic hydroxyl groups excluding tert-OH is 1. The van der Waals surface area contributed by atoms with Gasteiger partial charge in [-0.15, -0.1) is 0 Å². The molecule has 0 aliphatic carbocycles. The number of amides is 1. The van der Waals surface area contributed by atoms with E-state index in [-0.39, 0.29) is 11.7 Å². The van der Waals surface area contributed by atoms with Gasteiger partial charge < -0.3 is 10.4 Å². The number of hydrogen-bond donors (Lipinski definition) is 2. The van der Waals surface area contributed by atoms with E-state index in [1.54, 1.807) is 0 Å². The molecule has 14 heavy (non-hydrogen) atoms. The first-order valence-electron chi connectivity index (χ1n) is 4.37. The summed E-state index contributed by atoms with van der Waals surface area (Å²) in [6.07, 6.45) is 2.30. The van der Waals surface area contributed by atoms with E-state index in [0.717, 1.165) is 11.1 Å². The van der Waals surface area contributed by atoms with Gasteiger partial charge in [-0.3, -0.25) is 4.79 Å². The molecule has 1 atom stereocenters. The molecule has 2 rings (SSSR count). The molecular weight excluding hydrogens is 178 g/mol. The van der Waals surface area contributed by atoms with Crippen LogP contribution in [0.4, 0.5) is 0 Å². The zero-order valence-electron chi connectivity index (χ0n) is 7.74. The van der Waals surface area contributed by atoms with Crippen LogP contribution < -0.4 is 5.32 Å². The quantitative estimate of drug-likeness (QED) is 0.700. The van der Waals surface area contributed by atoms with Crippen LogP contribution in [0.2, 0.25) is 0 Å². The van der Waals surface area contributed by atoms with Crippen molar-refractivity contribution in [2.45, 2.75) is 13.0 Å². The molecule has 71 valence electrons. The molecule has 1 aliphatic heterocycles. The SMILES string of the molecule is Cc1ccc(C2NC(=O)[C]=C2O)cc1. The molecule has 1 radical (unpaired) electrons. The predicted octanol–water partition coefficient (Wildman–Crippen LogP) is 1.41. The molecule has 0 bridgehead atoms. The molecule has 0 saturated heterocycles. The average molecular weight is 188 g/mol. The van der Waals surface area contributed by atoms with E-state index in [2.05, 4.69) is 11.4 Å². The Morgan fingerprint density at radius 3 is 2.50 bits per heavy atom. The summed E-state index contributed by atoms with van der Waals surface area (Å²) in [5, 5.41) is 12.0. The molecular formula is C11H10NO2. The summed E-state index contributed by atoms with van der Waals surface area (Å²) in [6.45, 7) is 1.98. The Bertz CT molecular complexity index is 392. The highest BCUT2D eigenvalue weighted by atomic mass is 16.3. The molecule has 0 aromatic heterocycles. The second-order valence-corrected chi connectivity index (χ2v) is 3.33. The summed E-state index contributed by atoms with van der Waals surface area (Å²) in [6, 6.07) is 7.20. The van der Waals surface area contributed by atoms with Crippen molar-refractivity contribution in [3.8, 4) is 0 Å². The average Bonchev–Trinajstić information content (AvgIpc) is 2.47. The first kappa shape index (κ1) is 8.81. The molecule has 1 heterocycles. The predicted molar refractivity (Wildman–Crippen MR) is 51.4 cm³/mol. The Kier molecular flexibility index (Phi) is 2.00. The normalized spacial score (nSPS) is 20.5. The topological polar surface area (TPSA) is 49.3 Å². The lowest BCUT2D eigenvalue weighted by atomic mass is 10.1. The number of carbonyl (C=O) groups excluding carboxylic acids is 1. The number of aliphatic hydroxyl groups is 1. The monoisotopic (exact) mass is 188 g/mol. The summed E-state index contributed by atoms with van der Waals surface area (Å²) >= 11 is 0. The number of benzene rings is 1. The molecule has 3 nitrogen and oxygen atoms in total. The maximum atomic E-state index is 10.9. The van der Waals surface area contributed by atoms with E-state index in [9.17, 15) is 9.90 Å². The summed E-state index contributed by atoms with van der Waals surface area (Å²) in [5.74, 6) is -0.410. The van der Waals surface area contributed by atoms with Gasteiger partial charge in [0.25, 0.3) is 5.91 Å². The van der Waals surface area contributed by atoms with Crippen molar-refractivity contribution in [3.63, 3.8) is 0 Å². The van der Waals surface area contributed by atoms with Gasteiger partial charge in [-0.25, -0.2) is 0 Å². The van der Waals surface area contributed by atoms with Crippen LogP contribution in [0.3, 0.4) is 0 Å². The molecule has 1 aromatic rings. The standard InChI is InChI=1S/C11H10NO2/c1-7-2-4-8(5-3-7)11-9(13)6-10(14)12-11/h2-5,11,13H,1H3,(H,12,14). The third-order valence-electron chi connectivity index (χ3n) is 2.20. The smallest absolute Gasteiger partial charge is 0.256 e.